The third kappa shape index (κ3) is 4.48. The maximum Gasteiger partial charge on any atom is 0.0735 e. The Labute approximate surface area is 121 Å². The molecule has 0 bridgehead atoms. The Morgan fingerprint density at radius 2 is 2.05 bits per heavy atom. The van der Waals surface area contributed by atoms with Gasteiger partial charge in [0.25, 0.3) is 0 Å². The first kappa shape index (κ1) is 14.8. The quantitative estimate of drug-likeness (QED) is 0.845. The smallest absolute Gasteiger partial charge is 0.0735 e. The fourth-order valence-electron chi connectivity index (χ4n) is 2.67. The monoisotopic (exact) mass is 281 g/mol. The minimum absolute atomic E-state index is 0.330. The number of rotatable bonds is 6. The lowest BCUT2D eigenvalue weighted by atomic mass is 9.92. The summed E-state index contributed by atoms with van der Waals surface area (Å²) in [5.74, 6) is 0. The zero-order valence-electron chi connectivity index (χ0n) is 11.7. The summed E-state index contributed by atoms with van der Waals surface area (Å²) in [6.07, 6.45) is 6.48. The van der Waals surface area contributed by atoms with E-state index in [4.69, 9.17) is 16.3 Å². The highest BCUT2D eigenvalue weighted by atomic mass is 35.5. The molecule has 1 N–H and O–H groups in total. The Kier molecular flexibility index (Phi) is 6.15. The van der Waals surface area contributed by atoms with Gasteiger partial charge in [-0.1, -0.05) is 49.6 Å². The van der Waals surface area contributed by atoms with Crippen LogP contribution in [0.3, 0.4) is 0 Å². The molecule has 0 saturated heterocycles. The molecule has 0 radical (unpaired) electrons. The summed E-state index contributed by atoms with van der Waals surface area (Å²) < 4.78 is 6.11. The molecule has 0 aromatic heterocycles. The molecule has 3 heteroatoms. The van der Waals surface area contributed by atoms with Crippen LogP contribution in [0.4, 0.5) is 0 Å². The molecule has 2 rings (SSSR count). The van der Waals surface area contributed by atoms with Crippen LogP contribution < -0.4 is 5.32 Å². The van der Waals surface area contributed by atoms with Crippen molar-refractivity contribution >= 4 is 11.6 Å². The average Bonchev–Trinajstić information content (AvgIpc) is 2.45. The lowest BCUT2D eigenvalue weighted by molar-refractivity contribution is -0.00534. The second-order valence-corrected chi connectivity index (χ2v) is 5.69. The van der Waals surface area contributed by atoms with Crippen LogP contribution in [0, 0.1) is 0 Å². The van der Waals surface area contributed by atoms with Gasteiger partial charge in [0.05, 0.1) is 12.7 Å². The number of hydrogen-bond donors (Lipinski definition) is 1. The van der Waals surface area contributed by atoms with Gasteiger partial charge in [0.15, 0.2) is 0 Å². The summed E-state index contributed by atoms with van der Waals surface area (Å²) in [4.78, 5) is 0. The van der Waals surface area contributed by atoms with Crippen LogP contribution in [-0.2, 0) is 11.3 Å². The number of hydrogen-bond acceptors (Lipinski definition) is 2. The maximum atomic E-state index is 6.17. The Hall–Kier alpha value is -0.570. The summed E-state index contributed by atoms with van der Waals surface area (Å²) in [6, 6.07) is 8.44. The van der Waals surface area contributed by atoms with Crippen molar-refractivity contribution in [2.24, 2.45) is 0 Å². The van der Waals surface area contributed by atoms with E-state index in [1.165, 1.54) is 25.7 Å². The molecule has 2 atom stereocenters. The molecule has 1 saturated carbocycles. The van der Waals surface area contributed by atoms with Gasteiger partial charge in [0.2, 0.25) is 0 Å². The van der Waals surface area contributed by atoms with E-state index in [9.17, 15) is 0 Å². The standard InChI is InChI=1S/C16H24ClNO/c1-2-11-18-15-9-5-6-10-16(15)19-12-13-7-3-4-8-14(13)17/h3-4,7-8,15-16,18H,2,5-6,9-12H2,1H3. The molecule has 106 valence electrons. The van der Waals surface area contributed by atoms with Gasteiger partial charge in [-0.05, 0) is 37.4 Å². The fourth-order valence-corrected chi connectivity index (χ4v) is 2.86. The lowest BCUT2D eigenvalue weighted by Crippen LogP contribution is -2.43. The van der Waals surface area contributed by atoms with Crippen molar-refractivity contribution < 1.29 is 4.74 Å². The van der Waals surface area contributed by atoms with Crippen molar-refractivity contribution in [3.63, 3.8) is 0 Å². The SMILES string of the molecule is CCCNC1CCCCC1OCc1ccccc1Cl. The first-order valence-electron chi connectivity index (χ1n) is 7.39. The Morgan fingerprint density at radius 1 is 1.26 bits per heavy atom. The second-order valence-electron chi connectivity index (χ2n) is 5.29. The van der Waals surface area contributed by atoms with Crippen LogP contribution in [0.25, 0.3) is 0 Å². The van der Waals surface area contributed by atoms with E-state index in [1.54, 1.807) is 0 Å². The van der Waals surface area contributed by atoms with Crippen LogP contribution in [0.5, 0.6) is 0 Å². The van der Waals surface area contributed by atoms with Crippen LogP contribution in [0.1, 0.15) is 44.6 Å². The zero-order valence-corrected chi connectivity index (χ0v) is 12.5. The predicted molar refractivity (Wildman–Crippen MR) is 80.6 cm³/mol. The van der Waals surface area contributed by atoms with Crippen molar-refractivity contribution in [2.45, 2.75) is 57.8 Å². The highest BCUT2D eigenvalue weighted by molar-refractivity contribution is 6.31. The van der Waals surface area contributed by atoms with Gasteiger partial charge in [-0.3, -0.25) is 0 Å². The molecule has 0 amide bonds. The molecular weight excluding hydrogens is 258 g/mol. The molecular formula is C16H24ClNO. The van der Waals surface area contributed by atoms with E-state index < -0.39 is 0 Å². The normalized spacial score (nSPS) is 23.5. The van der Waals surface area contributed by atoms with E-state index in [1.807, 2.05) is 24.3 Å². The predicted octanol–water partition coefficient (Wildman–Crippen LogP) is 4.17. The molecule has 19 heavy (non-hydrogen) atoms. The first-order chi connectivity index (χ1) is 9.31. The minimum Gasteiger partial charge on any atom is -0.372 e. The van der Waals surface area contributed by atoms with Crippen molar-refractivity contribution in [1.29, 1.82) is 0 Å². The largest absolute Gasteiger partial charge is 0.372 e. The summed E-state index contributed by atoms with van der Waals surface area (Å²) in [6.45, 7) is 3.90. The average molecular weight is 282 g/mol. The van der Waals surface area contributed by atoms with Gasteiger partial charge in [-0.25, -0.2) is 0 Å². The molecule has 1 aliphatic rings. The number of ether oxygens (including phenoxy) is 1. The molecule has 1 aromatic carbocycles. The van der Waals surface area contributed by atoms with Gasteiger partial charge >= 0.3 is 0 Å². The molecule has 1 aliphatic carbocycles. The number of nitrogens with one attached hydrogen (secondary N) is 1. The maximum absolute atomic E-state index is 6.17. The lowest BCUT2D eigenvalue weighted by Gasteiger charge is -2.32. The van der Waals surface area contributed by atoms with Gasteiger partial charge in [0.1, 0.15) is 0 Å². The Balaban J connectivity index is 1.87. The van der Waals surface area contributed by atoms with Crippen molar-refractivity contribution in [3.8, 4) is 0 Å². The minimum atomic E-state index is 0.330. The number of benzene rings is 1. The highest BCUT2D eigenvalue weighted by Crippen LogP contribution is 2.24. The van der Waals surface area contributed by atoms with Crippen molar-refractivity contribution in [2.75, 3.05) is 6.54 Å². The van der Waals surface area contributed by atoms with Crippen LogP contribution in [-0.4, -0.2) is 18.7 Å². The Bertz CT molecular complexity index is 383. The van der Waals surface area contributed by atoms with Crippen LogP contribution >= 0.6 is 11.6 Å². The van der Waals surface area contributed by atoms with Gasteiger partial charge < -0.3 is 10.1 Å². The summed E-state index contributed by atoms with van der Waals surface area (Å²) >= 11 is 6.17. The van der Waals surface area contributed by atoms with E-state index in [0.717, 1.165) is 23.6 Å². The molecule has 0 spiro atoms. The van der Waals surface area contributed by atoms with Gasteiger partial charge in [-0.2, -0.15) is 0 Å². The summed E-state index contributed by atoms with van der Waals surface area (Å²) in [5, 5.41) is 4.42. The highest BCUT2D eigenvalue weighted by Gasteiger charge is 2.25. The summed E-state index contributed by atoms with van der Waals surface area (Å²) in [7, 11) is 0. The second kappa shape index (κ2) is 7.88. The van der Waals surface area contributed by atoms with E-state index in [-0.39, 0.29) is 0 Å². The topological polar surface area (TPSA) is 21.3 Å². The van der Waals surface area contributed by atoms with E-state index in [0.29, 0.717) is 18.8 Å². The zero-order chi connectivity index (χ0) is 13.5. The molecule has 1 aromatic rings. The Morgan fingerprint density at radius 3 is 2.84 bits per heavy atom. The number of halogens is 1. The molecule has 1 fully saturated rings. The molecule has 0 aliphatic heterocycles. The van der Waals surface area contributed by atoms with Gasteiger partial charge in [0, 0.05) is 11.1 Å². The van der Waals surface area contributed by atoms with Gasteiger partial charge in [-0.15, -0.1) is 0 Å². The summed E-state index contributed by atoms with van der Waals surface area (Å²) in [5.41, 5.74) is 1.09. The third-order valence-corrected chi connectivity index (χ3v) is 4.14. The van der Waals surface area contributed by atoms with Crippen molar-refractivity contribution in [3.05, 3.63) is 34.9 Å². The third-order valence-electron chi connectivity index (χ3n) is 3.77. The molecule has 2 nitrogen and oxygen atoms in total. The van der Waals surface area contributed by atoms with Crippen molar-refractivity contribution in [1.82, 2.24) is 5.32 Å². The van der Waals surface area contributed by atoms with Crippen LogP contribution in [0.15, 0.2) is 24.3 Å². The first-order valence-corrected chi connectivity index (χ1v) is 7.77. The van der Waals surface area contributed by atoms with E-state index in [2.05, 4.69) is 12.2 Å². The fraction of sp³-hybridized carbons (Fsp3) is 0.625. The van der Waals surface area contributed by atoms with E-state index >= 15 is 0 Å². The van der Waals surface area contributed by atoms with Crippen LogP contribution in [0.2, 0.25) is 5.02 Å². The molecule has 2 unspecified atom stereocenters. The molecule has 0 heterocycles.